The third-order valence-corrected chi connectivity index (χ3v) is 5.66. The van der Waals surface area contributed by atoms with Crippen molar-refractivity contribution in [3.05, 3.63) is 60.0 Å². The molecule has 26 heavy (non-hydrogen) atoms. The lowest BCUT2D eigenvalue weighted by Crippen LogP contribution is -2.08. The molecule has 4 rings (SSSR count). The first kappa shape index (κ1) is 16.7. The number of benzene rings is 2. The van der Waals surface area contributed by atoms with E-state index in [2.05, 4.69) is 37.9 Å². The van der Waals surface area contributed by atoms with Crippen LogP contribution in [-0.4, -0.2) is 39.3 Å². The molecular weight excluding hydrogens is 364 g/mol. The fourth-order valence-electron chi connectivity index (χ4n) is 2.42. The Bertz CT molecular complexity index is 992. The molecular formula is C18H16N6S2. The van der Waals surface area contributed by atoms with Crippen LogP contribution in [0.5, 0.6) is 0 Å². The van der Waals surface area contributed by atoms with Crippen molar-refractivity contribution < 1.29 is 0 Å². The van der Waals surface area contributed by atoms with Gasteiger partial charge in [0, 0.05) is 30.7 Å². The monoisotopic (exact) mass is 380 g/mol. The Morgan fingerprint density at radius 2 is 1.77 bits per heavy atom. The molecule has 0 amide bonds. The zero-order valence-corrected chi connectivity index (χ0v) is 15.9. The van der Waals surface area contributed by atoms with E-state index in [1.54, 1.807) is 16.0 Å². The molecule has 0 atom stereocenters. The Hall–Kier alpha value is -2.71. The predicted octanol–water partition coefficient (Wildman–Crippen LogP) is 4.00. The van der Waals surface area contributed by atoms with Gasteiger partial charge >= 0.3 is 0 Å². The van der Waals surface area contributed by atoms with Crippen molar-refractivity contribution in [2.75, 3.05) is 19.0 Å². The average Bonchev–Trinajstić information content (AvgIpc) is 3.33. The van der Waals surface area contributed by atoms with Gasteiger partial charge in [-0.1, -0.05) is 30.3 Å². The summed E-state index contributed by atoms with van der Waals surface area (Å²) in [4.78, 5) is 6.75. The summed E-state index contributed by atoms with van der Waals surface area (Å²) < 4.78 is 2.64. The van der Waals surface area contributed by atoms with Crippen LogP contribution < -0.4 is 4.90 Å². The van der Waals surface area contributed by atoms with E-state index in [9.17, 15) is 0 Å². The van der Waals surface area contributed by atoms with Gasteiger partial charge in [0.05, 0.1) is 11.4 Å². The number of hydrogen-bond donors (Lipinski definition) is 0. The quantitative estimate of drug-likeness (QED) is 0.521. The molecule has 4 aromatic rings. The molecule has 0 aliphatic rings. The van der Waals surface area contributed by atoms with E-state index in [-0.39, 0.29) is 0 Å². The topological polar surface area (TPSA) is 59.7 Å². The van der Waals surface area contributed by atoms with Gasteiger partial charge in [0.25, 0.3) is 0 Å². The average molecular weight is 381 g/mol. The van der Waals surface area contributed by atoms with E-state index in [1.165, 1.54) is 11.8 Å². The maximum absolute atomic E-state index is 4.69. The van der Waals surface area contributed by atoms with E-state index in [0.717, 1.165) is 27.0 Å². The maximum Gasteiger partial charge on any atom is 0.221 e. The highest BCUT2D eigenvalue weighted by Crippen LogP contribution is 2.32. The van der Waals surface area contributed by atoms with Crippen LogP contribution in [0.2, 0.25) is 0 Å². The molecule has 2 aromatic carbocycles. The fraction of sp³-hybridized carbons (Fsp3) is 0.111. The number of aromatic nitrogens is 5. The molecule has 130 valence electrons. The Labute approximate surface area is 159 Å². The number of hydrogen-bond acceptors (Lipinski definition) is 7. The standard InChI is InChI=1S/C18H16N6S2/c1-23(2)14-8-10-15(11-9-14)24-17(20-21-22-24)26-18-19-16(12-25-18)13-6-4-3-5-7-13/h3-12H,1-2H3. The zero-order valence-electron chi connectivity index (χ0n) is 14.3. The molecule has 0 saturated carbocycles. The minimum Gasteiger partial charge on any atom is -0.378 e. The van der Waals surface area contributed by atoms with E-state index in [1.807, 2.05) is 56.6 Å². The molecule has 0 unspecified atom stereocenters. The van der Waals surface area contributed by atoms with Gasteiger partial charge in [-0.15, -0.1) is 16.4 Å². The second kappa shape index (κ2) is 7.27. The summed E-state index contributed by atoms with van der Waals surface area (Å²) in [6.45, 7) is 0. The predicted molar refractivity (Wildman–Crippen MR) is 105 cm³/mol. The molecule has 6 nitrogen and oxygen atoms in total. The highest BCUT2D eigenvalue weighted by Gasteiger charge is 2.13. The maximum atomic E-state index is 4.69. The van der Waals surface area contributed by atoms with Crippen LogP contribution >= 0.6 is 23.1 Å². The number of nitrogens with zero attached hydrogens (tertiary/aromatic N) is 6. The van der Waals surface area contributed by atoms with Gasteiger partial charge in [-0.2, -0.15) is 4.68 Å². The van der Waals surface area contributed by atoms with Crippen LogP contribution in [-0.2, 0) is 0 Å². The van der Waals surface area contributed by atoms with Gasteiger partial charge < -0.3 is 4.90 Å². The minimum atomic E-state index is 0.691. The first-order valence-electron chi connectivity index (χ1n) is 7.95. The Kier molecular flexibility index (Phi) is 4.68. The van der Waals surface area contributed by atoms with Crippen molar-refractivity contribution in [2.45, 2.75) is 9.50 Å². The van der Waals surface area contributed by atoms with Gasteiger partial charge in [-0.3, -0.25) is 0 Å². The van der Waals surface area contributed by atoms with Crippen LogP contribution in [0.3, 0.4) is 0 Å². The van der Waals surface area contributed by atoms with Gasteiger partial charge in [0.15, 0.2) is 4.34 Å². The normalized spacial score (nSPS) is 10.8. The summed E-state index contributed by atoms with van der Waals surface area (Å²) in [6, 6.07) is 18.2. The zero-order chi connectivity index (χ0) is 17.9. The van der Waals surface area contributed by atoms with Crippen LogP contribution in [0.15, 0.2) is 69.5 Å². The van der Waals surface area contributed by atoms with Gasteiger partial charge in [0.2, 0.25) is 5.16 Å². The molecule has 0 bridgehead atoms. The third-order valence-electron chi connectivity index (χ3n) is 3.78. The molecule has 0 aliphatic carbocycles. The fourth-order valence-corrected chi connectivity index (χ4v) is 4.14. The van der Waals surface area contributed by atoms with E-state index in [0.29, 0.717) is 5.16 Å². The Morgan fingerprint density at radius 3 is 2.50 bits per heavy atom. The summed E-state index contributed by atoms with van der Waals surface area (Å²) in [5.74, 6) is 0. The highest BCUT2D eigenvalue weighted by molar-refractivity contribution is 8.00. The molecule has 0 saturated heterocycles. The first-order valence-corrected chi connectivity index (χ1v) is 9.65. The van der Waals surface area contributed by atoms with E-state index < -0.39 is 0 Å². The third kappa shape index (κ3) is 3.47. The molecule has 2 aromatic heterocycles. The molecule has 0 N–H and O–H groups in total. The SMILES string of the molecule is CN(C)c1ccc(-n2nnnc2Sc2nc(-c3ccccc3)cs2)cc1. The summed E-state index contributed by atoms with van der Waals surface area (Å²) in [5, 5.41) is 14.8. The minimum absolute atomic E-state index is 0.691. The van der Waals surface area contributed by atoms with Crippen molar-refractivity contribution in [1.29, 1.82) is 0 Å². The van der Waals surface area contributed by atoms with E-state index in [4.69, 9.17) is 4.98 Å². The summed E-state index contributed by atoms with van der Waals surface area (Å²) in [6.07, 6.45) is 0. The second-order valence-corrected chi connectivity index (χ2v) is 7.82. The van der Waals surface area contributed by atoms with Crippen LogP contribution in [0.25, 0.3) is 16.9 Å². The summed E-state index contributed by atoms with van der Waals surface area (Å²) >= 11 is 3.05. The van der Waals surface area contributed by atoms with E-state index >= 15 is 0 Å². The lowest BCUT2D eigenvalue weighted by atomic mass is 10.2. The molecule has 0 fully saturated rings. The number of thiazole rings is 1. The molecule has 8 heteroatoms. The smallest absolute Gasteiger partial charge is 0.221 e. The van der Waals surface area contributed by atoms with Crippen LogP contribution in [0.1, 0.15) is 0 Å². The Morgan fingerprint density at radius 1 is 1.00 bits per heavy atom. The summed E-state index contributed by atoms with van der Waals surface area (Å²) in [7, 11) is 4.03. The molecule has 0 aliphatic heterocycles. The van der Waals surface area contributed by atoms with Gasteiger partial charge in [0.1, 0.15) is 0 Å². The lowest BCUT2D eigenvalue weighted by Gasteiger charge is -2.12. The van der Waals surface area contributed by atoms with Crippen molar-refractivity contribution >= 4 is 28.8 Å². The molecule has 0 spiro atoms. The number of tetrazole rings is 1. The second-order valence-electron chi connectivity index (χ2n) is 5.75. The lowest BCUT2D eigenvalue weighted by molar-refractivity contribution is 0.756. The van der Waals surface area contributed by atoms with Crippen molar-refractivity contribution in [3.63, 3.8) is 0 Å². The van der Waals surface area contributed by atoms with Gasteiger partial charge in [-0.05, 0) is 46.5 Å². The number of rotatable bonds is 5. The highest BCUT2D eigenvalue weighted by atomic mass is 32.2. The van der Waals surface area contributed by atoms with Crippen molar-refractivity contribution in [1.82, 2.24) is 25.2 Å². The van der Waals surface area contributed by atoms with Crippen LogP contribution in [0, 0.1) is 0 Å². The van der Waals surface area contributed by atoms with Crippen LogP contribution in [0.4, 0.5) is 5.69 Å². The van der Waals surface area contributed by atoms with Crippen molar-refractivity contribution in [2.24, 2.45) is 0 Å². The molecule has 0 radical (unpaired) electrons. The summed E-state index contributed by atoms with van der Waals surface area (Å²) in [5.41, 5.74) is 4.12. The van der Waals surface area contributed by atoms with Gasteiger partial charge in [-0.25, -0.2) is 4.98 Å². The first-order chi connectivity index (χ1) is 12.7. The Balaban J connectivity index is 1.57. The number of anilines is 1. The largest absolute Gasteiger partial charge is 0.378 e. The molecule has 2 heterocycles. The van der Waals surface area contributed by atoms with Crippen molar-refractivity contribution in [3.8, 4) is 16.9 Å².